The lowest BCUT2D eigenvalue weighted by atomic mass is 9.79. The number of thiophene rings is 1. The Hall–Kier alpha value is -0.320. The summed E-state index contributed by atoms with van der Waals surface area (Å²) in [5.74, 6) is 3.01. The van der Waals surface area contributed by atoms with Gasteiger partial charge in [-0.1, -0.05) is 6.07 Å². The van der Waals surface area contributed by atoms with Gasteiger partial charge in [-0.3, -0.25) is 4.79 Å². The van der Waals surface area contributed by atoms with Gasteiger partial charge in [0.2, 0.25) is 0 Å². The van der Waals surface area contributed by atoms with Crippen molar-refractivity contribution in [2.24, 2.45) is 5.92 Å². The van der Waals surface area contributed by atoms with Gasteiger partial charge in [0.05, 0.1) is 5.60 Å². The molecule has 2 saturated heterocycles. The number of ketones is 1. The van der Waals surface area contributed by atoms with Gasteiger partial charge in [-0.25, -0.2) is 0 Å². The van der Waals surface area contributed by atoms with Gasteiger partial charge >= 0.3 is 0 Å². The van der Waals surface area contributed by atoms with Crippen LogP contribution in [0.1, 0.15) is 30.6 Å². The number of ether oxygens (including phenoxy) is 1. The second-order valence-electron chi connectivity index (χ2n) is 5.56. The molecule has 3 heterocycles. The summed E-state index contributed by atoms with van der Waals surface area (Å²) in [6.07, 6.45) is 4.74. The Morgan fingerprint density at radius 3 is 3.00 bits per heavy atom. The lowest BCUT2D eigenvalue weighted by molar-refractivity contribution is -0.137. The van der Waals surface area contributed by atoms with Crippen molar-refractivity contribution in [3.8, 4) is 0 Å². The minimum atomic E-state index is 0.0271. The zero-order chi connectivity index (χ0) is 13.1. The molecule has 0 bridgehead atoms. The monoisotopic (exact) mass is 296 g/mol. The first-order valence-electron chi connectivity index (χ1n) is 7.04. The highest BCUT2D eigenvalue weighted by Gasteiger charge is 2.40. The van der Waals surface area contributed by atoms with Crippen LogP contribution in [0.15, 0.2) is 17.5 Å². The fourth-order valence-electron chi connectivity index (χ4n) is 3.12. The maximum Gasteiger partial charge on any atom is 0.141 e. The minimum absolute atomic E-state index is 0.0271. The lowest BCUT2D eigenvalue weighted by Gasteiger charge is -2.42. The van der Waals surface area contributed by atoms with Crippen LogP contribution in [-0.2, 0) is 16.0 Å². The largest absolute Gasteiger partial charge is 0.375 e. The predicted molar refractivity (Wildman–Crippen MR) is 81.0 cm³/mol. The third-order valence-corrected chi connectivity index (χ3v) is 6.14. The van der Waals surface area contributed by atoms with E-state index in [9.17, 15) is 4.79 Å². The molecule has 3 rings (SSSR count). The fourth-order valence-corrected chi connectivity index (χ4v) is 5.08. The van der Waals surface area contributed by atoms with Crippen molar-refractivity contribution >= 4 is 28.9 Å². The van der Waals surface area contributed by atoms with Gasteiger partial charge in [-0.05, 0) is 48.6 Å². The molecule has 1 atom stereocenters. The Balaban J connectivity index is 1.62. The summed E-state index contributed by atoms with van der Waals surface area (Å²) < 4.78 is 6.06. The Labute approximate surface area is 122 Å². The first kappa shape index (κ1) is 13.7. The van der Waals surface area contributed by atoms with Crippen molar-refractivity contribution < 1.29 is 9.53 Å². The van der Waals surface area contributed by atoms with Crippen LogP contribution in [0.25, 0.3) is 0 Å². The number of Topliss-reactive ketones (excluding diaryl/α,β-unsaturated/α-hetero) is 1. The van der Waals surface area contributed by atoms with Gasteiger partial charge < -0.3 is 4.74 Å². The van der Waals surface area contributed by atoms with Crippen LogP contribution in [0.2, 0.25) is 0 Å². The van der Waals surface area contributed by atoms with Crippen molar-refractivity contribution in [3.63, 3.8) is 0 Å². The molecule has 0 aromatic carbocycles. The van der Waals surface area contributed by atoms with Crippen LogP contribution in [0, 0.1) is 5.92 Å². The molecule has 2 aliphatic rings. The highest BCUT2D eigenvalue weighted by Crippen LogP contribution is 2.40. The van der Waals surface area contributed by atoms with E-state index in [4.69, 9.17) is 4.74 Å². The zero-order valence-electron chi connectivity index (χ0n) is 11.1. The molecule has 0 aliphatic carbocycles. The maximum absolute atomic E-state index is 12.4. The molecule has 104 valence electrons. The number of carbonyl (C=O) groups excluding carboxylic acids is 1. The molecule has 2 nitrogen and oxygen atoms in total. The van der Waals surface area contributed by atoms with Gasteiger partial charge in [0, 0.05) is 23.8 Å². The van der Waals surface area contributed by atoms with Crippen LogP contribution >= 0.6 is 23.1 Å². The summed E-state index contributed by atoms with van der Waals surface area (Å²) in [5.41, 5.74) is 0.0271. The summed E-state index contributed by atoms with van der Waals surface area (Å²) in [6.45, 7) is 0.769. The third kappa shape index (κ3) is 3.23. The van der Waals surface area contributed by atoms with Gasteiger partial charge in [-0.15, -0.1) is 11.3 Å². The average Bonchev–Trinajstić information content (AvgIpc) is 2.92. The summed E-state index contributed by atoms with van der Waals surface area (Å²) in [6, 6.07) is 4.09. The van der Waals surface area contributed by atoms with Crippen LogP contribution in [-0.4, -0.2) is 29.5 Å². The maximum atomic E-state index is 12.4. The molecule has 1 unspecified atom stereocenters. The quantitative estimate of drug-likeness (QED) is 0.853. The summed E-state index contributed by atoms with van der Waals surface area (Å²) in [7, 11) is 0. The molecule has 2 fully saturated rings. The number of hydrogen-bond donors (Lipinski definition) is 0. The standard InChI is InChI=1S/C15H20O2S2/c16-14(10-13-2-1-7-19-13)12-3-6-17-15(11-12)4-8-18-9-5-15/h1-2,7,12H,3-6,8-11H2. The van der Waals surface area contributed by atoms with Crippen LogP contribution < -0.4 is 0 Å². The van der Waals surface area contributed by atoms with E-state index in [2.05, 4.69) is 6.07 Å². The van der Waals surface area contributed by atoms with E-state index in [1.165, 1.54) is 16.4 Å². The van der Waals surface area contributed by atoms with Crippen molar-refractivity contribution in [2.45, 2.75) is 37.7 Å². The normalized spacial score (nSPS) is 26.4. The molecule has 0 N–H and O–H groups in total. The number of rotatable bonds is 3. The van der Waals surface area contributed by atoms with Crippen LogP contribution in [0.4, 0.5) is 0 Å². The van der Waals surface area contributed by atoms with Crippen molar-refractivity contribution in [3.05, 3.63) is 22.4 Å². The van der Waals surface area contributed by atoms with E-state index in [-0.39, 0.29) is 11.5 Å². The second kappa shape index (κ2) is 5.98. The van der Waals surface area contributed by atoms with Gasteiger partial charge in [0.15, 0.2) is 0 Å². The first-order valence-corrected chi connectivity index (χ1v) is 9.08. The van der Waals surface area contributed by atoms with E-state index in [1.54, 1.807) is 11.3 Å². The predicted octanol–water partition coefficient (Wildman–Crippen LogP) is 3.55. The molecule has 19 heavy (non-hydrogen) atoms. The second-order valence-corrected chi connectivity index (χ2v) is 7.81. The lowest BCUT2D eigenvalue weighted by Crippen LogP contribution is -2.44. The molecule has 0 amide bonds. The van der Waals surface area contributed by atoms with E-state index in [0.717, 1.165) is 32.3 Å². The van der Waals surface area contributed by atoms with Gasteiger partial charge in [-0.2, -0.15) is 11.8 Å². The molecule has 1 aromatic rings. The third-order valence-electron chi connectivity index (χ3n) is 4.28. The first-order chi connectivity index (χ1) is 9.27. The molecular formula is C15H20O2S2. The Morgan fingerprint density at radius 1 is 1.42 bits per heavy atom. The minimum Gasteiger partial charge on any atom is -0.375 e. The van der Waals surface area contributed by atoms with Crippen LogP contribution in [0.5, 0.6) is 0 Å². The van der Waals surface area contributed by atoms with E-state index in [0.29, 0.717) is 12.2 Å². The summed E-state index contributed by atoms with van der Waals surface area (Å²) >= 11 is 3.70. The average molecular weight is 296 g/mol. The molecule has 1 aromatic heterocycles. The molecule has 1 spiro atoms. The molecule has 0 radical (unpaired) electrons. The number of hydrogen-bond acceptors (Lipinski definition) is 4. The van der Waals surface area contributed by atoms with Crippen molar-refractivity contribution in [1.29, 1.82) is 0 Å². The Bertz CT molecular complexity index is 416. The highest BCUT2D eigenvalue weighted by atomic mass is 32.2. The van der Waals surface area contributed by atoms with Crippen LogP contribution in [0.3, 0.4) is 0 Å². The van der Waals surface area contributed by atoms with Crippen molar-refractivity contribution in [1.82, 2.24) is 0 Å². The van der Waals surface area contributed by atoms with Crippen molar-refractivity contribution in [2.75, 3.05) is 18.1 Å². The van der Waals surface area contributed by atoms with E-state index < -0.39 is 0 Å². The summed E-state index contributed by atoms with van der Waals surface area (Å²) in [5, 5.41) is 2.05. The Kier molecular flexibility index (Phi) is 4.30. The highest BCUT2D eigenvalue weighted by molar-refractivity contribution is 7.99. The van der Waals surface area contributed by atoms with Gasteiger partial charge in [0.1, 0.15) is 5.78 Å². The number of carbonyl (C=O) groups is 1. The Morgan fingerprint density at radius 2 is 2.26 bits per heavy atom. The molecule has 4 heteroatoms. The topological polar surface area (TPSA) is 26.3 Å². The molecule has 2 aliphatic heterocycles. The summed E-state index contributed by atoms with van der Waals surface area (Å²) in [4.78, 5) is 13.6. The molecule has 0 saturated carbocycles. The van der Waals surface area contributed by atoms with Gasteiger partial charge in [0.25, 0.3) is 0 Å². The number of thioether (sulfide) groups is 1. The smallest absolute Gasteiger partial charge is 0.141 e. The van der Waals surface area contributed by atoms with E-state index in [1.807, 2.05) is 23.2 Å². The molecular weight excluding hydrogens is 276 g/mol. The SMILES string of the molecule is O=C(Cc1cccs1)C1CCOC2(CCSCC2)C1. The fraction of sp³-hybridized carbons (Fsp3) is 0.667. The van der Waals surface area contributed by atoms with E-state index >= 15 is 0 Å². The zero-order valence-corrected chi connectivity index (χ0v) is 12.7.